The molecule has 3 rings (SSSR count). The first-order valence-corrected chi connectivity index (χ1v) is 8.99. The highest BCUT2D eigenvalue weighted by Gasteiger charge is 2.09. The van der Waals surface area contributed by atoms with Crippen molar-refractivity contribution in [3.8, 4) is 5.75 Å². The molecule has 0 saturated carbocycles. The highest BCUT2D eigenvalue weighted by atomic mass is 16.5. The van der Waals surface area contributed by atoms with E-state index in [-0.39, 0.29) is 11.6 Å². The maximum Gasteiger partial charge on any atom is 0.193 e. The van der Waals surface area contributed by atoms with Gasteiger partial charge in [-0.25, -0.2) is 0 Å². The Labute approximate surface area is 159 Å². The highest BCUT2D eigenvalue weighted by molar-refractivity contribution is 6.08. The molecule has 3 aromatic carbocycles. The van der Waals surface area contributed by atoms with Crippen molar-refractivity contribution in [2.75, 3.05) is 7.11 Å². The smallest absolute Gasteiger partial charge is 0.193 e. The van der Waals surface area contributed by atoms with Gasteiger partial charge in [0, 0.05) is 24.0 Å². The third-order valence-corrected chi connectivity index (χ3v) is 4.50. The first-order valence-electron chi connectivity index (χ1n) is 8.99. The van der Waals surface area contributed by atoms with E-state index in [1.54, 1.807) is 31.4 Å². The number of hydrogen-bond donors (Lipinski definition) is 0. The molecule has 0 aliphatic rings. The van der Waals surface area contributed by atoms with Gasteiger partial charge in [0.15, 0.2) is 5.78 Å². The van der Waals surface area contributed by atoms with E-state index in [4.69, 9.17) is 4.74 Å². The second-order valence-electron chi connectivity index (χ2n) is 6.46. The predicted octanol–water partition coefficient (Wildman–Crippen LogP) is 4.67. The summed E-state index contributed by atoms with van der Waals surface area (Å²) < 4.78 is 5.14. The van der Waals surface area contributed by atoms with Gasteiger partial charge in [0.1, 0.15) is 11.5 Å². The average Bonchev–Trinajstić information content (AvgIpc) is 2.73. The number of ketones is 2. The molecule has 0 fully saturated rings. The summed E-state index contributed by atoms with van der Waals surface area (Å²) >= 11 is 0. The fraction of sp³-hybridized carbons (Fsp3) is 0.167. The Kier molecular flexibility index (Phi) is 6.16. The van der Waals surface area contributed by atoms with Crippen molar-refractivity contribution in [2.45, 2.75) is 19.3 Å². The average molecular weight is 358 g/mol. The van der Waals surface area contributed by atoms with Gasteiger partial charge in [-0.3, -0.25) is 9.59 Å². The fourth-order valence-electron chi connectivity index (χ4n) is 2.92. The van der Waals surface area contributed by atoms with Crippen molar-refractivity contribution in [3.05, 3.63) is 101 Å². The van der Waals surface area contributed by atoms with Gasteiger partial charge in [-0.1, -0.05) is 66.7 Å². The Morgan fingerprint density at radius 1 is 0.741 bits per heavy atom. The van der Waals surface area contributed by atoms with Gasteiger partial charge in [-0.15, -0.1) is 0 Å². The Morgan fingerprint density at radius 2 is 1.33 bits per heavy atom. The van der Waals surface area contributed by atoms with Gasteiger partial charge in [-0.05, 0) is 29.7 Å². The highest BCUT2D eigenvalue weighted by Crippen LogP contribution is 2.14. The molecule has 27 heavy (non-hydrogen) atoms. The van der Waals surface area contributed by atoms with Crippen molar-refractivity contribution < 1.29 is 14.3 Å². The van der Waals surface area contributed by atoms with E-state index in [0.29, 0.717) is 30.4 Å². The molecule has 0 bridgehead atoms. The molecule has 3 nitrogen and oxygen atoms in total. The first kappa shape index (κ1) is 18.6. The SMILES string of the molecule is COc1ccc(CCC(=O)Cc2ccc(C(=O)c3ccccc3)cc2)cc1. The summed E-state index contributed by atoms with van der Waals surface area (Å²) in [7, 11) is 1.64. The number of ether oxygens (including phenoxy) is 1. The molecule has 136 valence electrons. The van der Waals surface area contributed by atoms with Crippen LogP contribution in [0.15, 0.2) is 78.9 Å². The number of Topliss-reactive ketones (excluding diaryl/α,β-unsaturated/α-hetero) is 1. The number of hydrogen-bond acceptors (Lipinski definition) is 3. The van der Waals surface area contributed by atoms with Crippen molar-refractivity contribution in [3.63, 3.8) is 0 Å². The van der Waals surface area contributed by atoms with Gasteiger partial charge in [0.2, 0.25) is 0 Å². The summed E-state index contributed by atoms with van der Waals surface area (Å²) in [5.41, 5.74) is 3.35. The molecule has 0 atom stereocenters. The van der Waals surface area contributed by atoms with Crippen LogP contribution in [0.5, 0.6) is 5.75 Å². The van der Waals surface area contributed by atoms with Crippen LogP contribution in [0.4, 0.5) is 0 Å². The number of benzene rings is 3. The van der Waals surface area contributed by atoms with Gasteiger partial charge < -0.3 is 4.74 Å². The van der Waals surface area contributed by atoms with Crippen LogP contribution in [0.3, 0.4) is 0 Å². The molecule has 0 aromatic heterocycles. The van der Waals surface area contributed by atoms with Gasteiger partial charge in [-0.2, -0.15) is 0 Å². The summed E-state index contributed by atoms with van der Waals surface area (Å²) in [5, 5.41) is 0. The summed E-state index contributed by atoms with van der Waals surface area (Å²) in [4.78, 5) is 24.7. The Balaban J connectivity index is 1.54. The molecule has 0 aliphatic carbocycles. The molecule has 0 radical (unpaired) electrons. The minimum atomic E-state index is -0.00650. The van der Waals surface area contributed by atoms with Crippen LogP contribution in [-0.4, -0.2) is 18.7 Å². The van der Waals surface area contributed by atoms with Crippen LogP contribution in [0.25, 0.3) is 0 Å². The minimum Gasteiger partial charge on any atom is -0.497 e. The first-order chi connectivity index (χ1) is 13.2. The van der Waals surface area contributed by atoms with Crippen molar-refractivity contribution >= 4 is 11.6 Å². The lowest BCUT2D eigenvalue weighted by Gasteiger charge is -2.05. The second kappa shape index (κ2) is 8.95. The van der Waals surface area contributed by atoms with Crippen LogP contribution in [0.2, 0.25) is 0 Å². The molecule has 0 unspecified atom stereocenters. The molecule has 3 heteroatoms. The summed E-state index contributed by atoms with van der Waals surface area (Å²) in [6, 6.07) is 24.3. The topological polar surface area (TPSA) is 43.4 Å². The van der Waals surface area contributed by atoms with Crippen molar-refractivity contribution in [2.24, 2.45) is 0 Å². The van der Waals surface area contributed by atoms with Crippen LogP contribution < -0.4 is 4.74 Å². The number of rotatable bonds is 8. The summed E-state index contributed by atoms with van der Waals surface area (Å²) in [6.45, 7) is 0. The van der Waals surface area contributed by atoms with Crippen LogP contribution >= 0.6 is 0 Å². The van der Waals surface area contributed by atoms with Crippen LogP contribution in [-0.2, 0) is 17.6 Å². The van der Waals surface area contributed by atoms with Crippen molar-refractivity contribution in [1.29, 1.82) is 0 Å². The third kappa shape index (κ3) is 5.14. The Morgan fingerprint density at radius 3 is 1.96 bits per heavy atom. The van der Waals surface area contributed by atoms with Crippen molar-refractivity contribution in [1.82, 2.24) is 0 Å². The monoisotopic (exact) mass is 358 g/mol. The van der Waals surface area contributed by atoms with E-state index in [1.165, 1.54) is 0 Å². The molecular formula is C24H22O3. The number of carbonyl (C=O) groups is 2. The fourth-order valence-corrected chi connectivity index (χ4v) is 2.92. The maximum atomic E-state index is 12.4. The Hall–Kier alpha value is -3.20. The van der Waals surface area contributed by atoms with E-state index in [1.807, 2.05) is 54.6 Å². The van der Waals surface area contributed by atoms with Gasteiger partial charge in [0.05, 0.1) is 7.11 Å². The largest absolute Gasteiger partial charge is 0.497 e. The zero-order valence-electron chi connectivity index (χ0n) is 15.4. The normalized spacial score (nSPS) is 10.4. The lowest BCUT2D eigenvalue weighted by molar-refractivity contribution is -0.118. The lowest BCUT2D eigenvalue weighted by Crippen LogP contribution is -2.05. The number of aryl methyl sites for hydroxylation is 1. The van der Waals surface area contributed by atoms with E-state index < -0.39 is 0 Å². The van der Waals surface area contributed by atoms with E-state index in [0.717, 1.165) is 16.9 Å². The zero-order chi connectivity index (χ0) is 19.1. The van der Waals surface area contributed by atoms with Crippen LogP contribution in [0, 0.1) is 0 Å². The molecule has 0 amide bonds. The molecule has 0 spiro atoms. The predicted molar refractivity (Wildman–Crippen MR) is 106 cm³/mol. The van der Waals surface area contributed by atoms with Crippen LogP contribution in [0.1, 0.15) is 33.5 Å². The quantitative estimate of drug-likeness (QED) is 0.550. The molecule has 0 N–H and O–H groups in total. The number of methoxy groups -OCH3 is 1. The van der Waals surface area contributed by atoms with E-state index in [2.05, 4.69) is 0 Å². The van der Waals surface area contributed by atoms with E-state index in [9.17, 15) is 9.59 Å². The minimum absolute atomic E-state index is 0.00650. The lowest BCUT2D eigenvalue weighted by atomic mass is 9.99. The molecule has 0 aliphatic heterocycles. The summed E-state index contributed by atoms with van der Waals surface area (Å²) in [5.74, 6) is 0.996. The zero-order valence-corrected chi connectivity index (χ0v) is 15.4. The standard InChI is InChI=1S/C24H22O3/c1-27-23-15-10-18(11-16-23)9-14-22(25)17-19-7-12-21(13-8-19)24(26)20-5-3-2-4-6-20/h2-8,10-13,15-16H,9,14,17H2,1H3. The number of carbonyl (C=O) groups excluding carboxylic acids is 2. The molecule has 0 heterocycles. The van der Waals surface area contributed by atoms with E-state index >= 15 is 0 Å². The van der Waals surface area contributed by atoms with Gasteiger partial charge >= 0.3 is 0 Å². The third-order valence-electron chi connectivity index (χ3n) is 4.50. The molecular weight excluding hydrogens is 336 g/mol. The molecule has 3 aromatic rings. The van der Waals surface area contributed by atoms with Gasteiger partial charge in [0.25, 0.3) is 0 Å². The maximum absolute atomic E-state index is 12.4. The Bertz CT molecular complexity index is 895. The molecule has 0 saturated heterocycles. The second-order valence-corrected chi connectivity index (χ2v) is 6.46. The summed E-state index contributed by atoms with van der Waals surface area (Å²) in [6.07, 6.45) is 1.60.